The van der Waals surface area contributed by atoms with Gasteiger partial charge in [0.05, 0.1) is 17.7 Å². The van der Waals surface area contributed by atoms with E-state index in [1.165, 1.54) is 12.1 Å². The third kappa shape index (κ3) is 5.40. The zero-order chi connectivity index (χ0) is 24.3. The van der Waals surface area contributed by atoms with Gasteiger partial charge in [-0.1, -0.05) is 18.2 Å². The molecule has 2 aromatic heterocycles. The van der Waals surface area contributed by atoms with Gasteiger partial charge < -0.3 is 10.1 Å². The van der Waals surface area contributed by atoms with Crippen molar-refractivity contribution in [2.45, 2.75) is 26.4 Å². The van der Waals surface area contributed by atoms with Gasteiger partial charge in [0.1, 0.15) is 12.1 Å². The average Bonchev–Trinajstić information content (AvgIpc) is 3.13. The van der Waals surface area contributed by atoms with Gasteiger partial charge in [-0.25, -0.2) is 4.98 Å². The highest BCUT2D eigenvalue weighted by atomic mass is 19.4. The van der Waals surface area contributed by atoms with E-state index >= 15 is 0 Å². The third-order valence-electron chi connectivity index (χ3n) is 5.10. The summed E-state index contributed by atoms with van der Waals surface area (Å²) in [4.78, 5) is 16.5. The molecular formula is C24H20F3N5O2. The van der Waals surface area contributed by atoms with Gasteiger partial charge in [-0.3, -0.25) is 9.36 Å². The summed E-state index contributed by atoms with van der Waals surface area (Å²) in [5, 5.41) is 10.9. The van der Waals surface area contributed by atoms with Crippen LogP contribution in [0.1, 0.15) is 22.5 Å². The SMILES string of the molecule is Cc1ncn(-c2ccc(Oc3ccc(NC(=O)Cc4cccc(C(F)(F)F)c4)cc3)nn2)c1C. The number of rotatable bonds is 6. The average molecular weight is 467 g/mol. The number of ether oxygens (including phenoxy) is 1. The molecule has 4 aromatic rings. The van der Waals surface area contributed by atoms with Crippen LogP contribution < -0.4 is 10.1 Å². The molecule has 4 rings (SSSR count). The van der Waals surface area contributed by atoms with Gasteiger partial charge in [-0.15, -0.1) is 10.2 Å². The summed E-state index contributed by atoms with van der Waals surface area (Å²) in [5.41, 5.74) is 1.84. The summed E-state index contributed by atoms with van der Waals surface area (Å²) in [7, 11) is 0. The topological polar surface area (TPSA) is 81.9 Å². The molecule has 1 N–H and O–H groups in total. The summed E-state index contributed by atoms with van der Waals surface area (Å²) < 4.78 is 46.0. The van der Waals surface area contributed by atoms with E-state index in [4.69, 9.17) is 4.74 Å². The molecule has 0 unspecified atom stereocenters. The van der Waals surface area contributed by atoms with Crippen molar-refractivity contribution in [2.24, 2.45) is 0 Å². The number of nitrogens with one attached hydrogen (secondary N) is 1. The fraction of sp³-hybridized carbons (Fsp3) is 0.167. The van der Waals surface area contributed by atoms with Crippen molar-refractivity contribution in [3.63, 3.8) is 0 Å². The van der Waals surface area contributed by atoms with E-state index in [9.17, 15) is 18.0 Å². The largest absolute Gasteiger partial charge is 0.438 e. The van der Waals surface area contributed by atoms with Gasteiger partial charge in [0.25, 0.3) is 0 Å². The summed E-state index contributed by atoms with van der Waals surface area (Å²) in [5.74, 6) is 0.955. The van der Waals surface area contributed by atoms with Crippen molar-refractivity contribution in [2.75, 3.05) is 5.32 Å². The first-order valence-corrected chi connectivity index (χ1v) is 10.3. The first kappa shape index (κ1) is 23.0. The van der Waals surface area contributed by atoms with Crippen LogP contribution in [0.15, 0.2) is 67.0 Å². The molecular weight excluding hydrogens is 447 g/mol. The monoisotopic (exact) mass is 467 g/mol. The Balaban J connectivity index is 1.35. The number of anilines is 1. The molecule has 0 radical (unpaired) electrons. The van der Waals surface area contributed by atoms with E-state index in [1.807, 2.05) is 18.4 Å². The number of nitrogens with zero attached hydrogens (tertiary/aromatic N) is 4. The second-order valence-electron chi connectivity index (χ2n) is 7.56. The molecule has 10 heteroatoms. The number of aryl methyl sites for hydroxylation is 1. The van der Waals surface area contributed by atoms with Gasteiger partial charge in [-0.2, -0.15) is 13.2 Å². The van der Waals surface area contributed by atoms with Crippen LogP contribution in [-0.4, -0.2) is 25.7 Å². The molecule has 0 atom stereocenters. The zero-order valence-electron chi connectivity index (χ0n) is 18.3. The Morgan fingerprint density at radius 3 is 2.41 bits per heavy atom. The van der Waals surface area contributed by atoms with Crippen LogP contribution >= 0.6 is 0 Å². The predicted octanol–water partition coefficient (Wildman–Crippen LogP) is 5.27. The lowest BCUT2D eigenvalue weighted by Crippen LogP contribution is -2.15. The molecule has 0 fully saturated rings. The van der Waals surface area contributed by atoms with E-state index < -0.39 is 17.6 Å². The maximum absolute atomic E-state index is 12.8. The quantitative estimate of drug-likeness (QED) is 0.418. The summed E-state index contributed by atoms with van der Waals surface area (Å²) in [6, 6.07) is 14.7. The van der Waals surface area contributed by atoms with E-state index in [1.54, 1.807) is 42.7 Å². The zero-order valence-corrected chi connectivity index (χ0v) is 18.3. The minimum Gasteiger partial charge on any atom is -0.438 e. The van der Waals surface area contributed by atoms with Crippen molar-refractivity contribution in [1.29, 1.82) is 0 Å². The molecule has 34 heavy (non-hydrogen) atoms. The molecule has 2 heterocycles. The van der Waals surface area contributed by atoms with E-state index in [0.29, 0.717) is 23.1 Å². The molecule has 0 aliphatic heterocycles. The fourth-order valence-electron chi connectivity index (χ4n) is 3.20. The summed E-state index contributed by atoms with van der Waals surface area (Å²) in [6.07, 6.45) is -2.96. The number of carbonyl (C=O) groups is 1. The minimum absolute atomic E-state index is 0.181. The molecule has 0 aliphatic carbocycles. The molecule has 0 spiro atoms. The van der Waals surface area contributed by atoms with Gasteiger partial charge in [0.2, 0.25) is 11.8 Å². The first-order valence-electron chi connectivity index (χ1n) is 10.3. The van der Waals surface area contributed by atoms with Crippen LogP contribution in [0.3, 0.4) is 0 Å². The second kappa shape index (κ2) is 9.34. The van der Waals surface area contributed by atoms with E-state index in [2.05, 4.69) is 20.5 Å². The van der Waals surface area contributed by atoms with Crippen LogP contribution in [0, 0.1) is 13.8 Å². The number of hydrogen-bond acceptors (Lipinski definition) is 5. The molecule has 174 valence electrons. The van der Waals surface area contributed by atoms with Crippen molar-refractivity contribution >= 4 is 11.6 Å². The van der Waals surface area contributed by atoms with Crippen molar-refractivity contribution in [1.82, 2.24) is 19.7 Å². The number of aromatic nitrogens is 4. The van der Waals surface area contributed by atoms with Crippen molar-refractivity contribution < 1.29 is 22.7 Å². The number of hydrogen-bond donors (Lipinski definition) is 1. The van der Waals surface area contributed by atoms with Crippen LogP contribution in [0.5, 0.6) is 11.6 Å². The highest BCUT2D eigenvalue weighted by Crippen LogP contribution is 2.29. The number of amides is 1. The molecule has 0 saturated carbocycles. The Labute approximate surface area is 193 Å². The molecule has 1 amide bonds. The number of imidazole rings is 1. The molecule has 7 nitrogen and oxygen atoms in total. The Hall–Kier alpha value is -4.21. The van der Waals surface area contributed by atoms with Crippen molar-refractivity contribution in [3.8, 4) is 17.4 Å². The molecule has 2 aromatic carbocycles. The third-order valence-corrected chi connectivity index (χ3v) is 5.10. The molecule has 0 saturated heterocycles. The Bertz CT molecular complexity index is 1300. The van der Waals surface area contributed by atoms with Gasteiger partial charge in [0.15, 0.2) is 5.82 Å². The standard InChI is InChI=1S/C24H20F3N5O2/c1-15-16(2)32(14-28-15)21-10-11-23(31-30-21)34-20-8-6-19(7-9-20)29-22(33)13-17-4-3-5-18(12-17)24(25,26)27/h3-12,14H,13H2,1-2H3,(H,29,33). The highest BCUT2D eigenvalue weighted by molar-refractivity contribution is 5.92. The smallest absolute Gasteiger partial charge is 0.416 e. The van der Waals surface area contributed by atoms with Crippen LogP contribution in [-0.2, 0) is 17.4 Å². The first-order chi connectivity index (χ1) is 16.2. The van der Waals surface area contributed by atoms with Gasteiger partial charge in [-0.05, 0) is 55.8 Å². The number of carbonyl (C=O) groups excluding carboxylic acids is 1. The second-order valence-corrected chi connectivity index (χ2v) is 7.56. The van der Waals surface area contributed by atoms with Crippen LogP contribution in [0.2, 0.25) is 0 Å². The Kier molecular flexibility index (Phi) is 6.31. The van der Waals surface area contributed by atoms with Crippen molar-refractivity contribution in [3.05, 3.63) is 89.5 Å². The fourth-order valence-corrected chi connectivity index (χ4v) is 3.20. The molecule has 0 bridgehead atoms. The van der Waals surface area contributed by atoms with E-state index in [-0.39, 0.29) is 12.0 Å². The number of benzene rings is 2. The Morgan fingerprint density at radius 1 is 1.03 bits per heavy atom. The summed E-state index contributed by atoms with van der Waals surface area (Å²) in [6.45, 7) is 3.85. The minimum atomic E-state index is -4.45. The molecule has 0 aliphatic rings. The Morgan fingerprint density at radius 2 is 1.79 bits per heavy atom. The van der Waals surface area contributed by atoms with Crippen LogP contribution in [0.25, 0.3) is 5.82 Å². The number of alkyl halides is 3. The summed E-state index contributed by atoms with van der Waals surface area (Å²) >= 11 is 0. The lowest BCUT2D eigenvalue weighted by Gasteiger charge is -2.10. The van der Waals surface area contributed by atoms with Gasteiger partial charge >= 0.3 is 6.18 Å². The van der Waals surface area contributed by atoms with E-state index in [0.717, 1.165) is 23.5 Å². The lowest BCUT2D eigenvalue weighted by molar-refractivity contribution is -0.137. The normalized spacial score (nSPS) is 11.3. The highest BCUT2D eigenvalue weighted by Gasteiger charge is 2.30. The van der Waals surface area contributed by atoms with Crippen LogP contribution in [0.4, 0.5) is 18.9 Å². The lowest BCUT2D eigenvalue weighted by atomic mass is 10.1. The number of halogens is 3. The maximum atomic E-state index is 12.8. The maximum Gasteiger partial charge on any atom is 0.416 e. The van der Waals surface area contributed by atoms with Gasteiger partial charge in [0, 0.05) is 17.4 Å². The predicted molar refractivity (Wildman–Crippen MR) is 119 cm³/mol.